The zero-order valence-corrected chi connectivity index (χ0v) is 21.4. The number of benzene rings is 1. The summed E-state index contributed by atoms with van der Waals surface area (Å²) in [5, 5.41) is 11.5. The minimum atomic E-state index is 0. The van der Waals surface area contributed by atoms with E-state index in [9.17, 15) is 0 Å². The van der Waals surface area contributed by atoms with Gasteiger partial charge in [0, 0.05) is 51.0 Å². The number of hydrogen-bond donors (Lipinski definition) is 2. The van der Waals surface area contributed by atoms with Crippen molar-refractivity contribution in [2.24, 2.45) is 4.99 Å². The number of hydrogen-bond acceptors (Lipinski definition) is 4. The van der Waals surface area contributed by atoms with Crippen molar-refractivity contribution in [3.05, 3.63) is 64.4 Å². The molecule has 2 N–H and O–H groups in total. The molecule has 5 nitrogen and oxygen atoms in total. The number of nitrogens with zero attached hydrogens (tertiary/aromatic N) is 3. The predicted molar refractivity (Wildman–Crippen MR) is 144 cm³/mol. The first-order chi connectivity index (χ1) is 14.8. The maximum atomic E-state index is 4.87. The third-order valence-corrected chi connectivity index (χ3v) is 6.50. The number of aliphatic imine (C=N–C) groups is 1. The van der Waals surface area contributed by atoms with E-state index >= 15 is 0 Å². The monoisotopic (exact) mass is 551 g/mol. The maximum absolute atomic E-state index is 4.87. The lowest BCUT2D eigenvalue weighted by molar-refractivity contribution is 0.198. The topological polar surface area (TPSA) is 42.9 Å². The number of halogens is 1. The van der Waals surface area contributed by atoms with Gasteiger partial charge in [-0.25, -0.2) is 4.99 Å². The summed E-state index contributed by atoms with van der Waals surface area (Å²) in [6.07, 6.45) is 6.77. The molecule has 1 aromatic heterocycles. The highest BCUT2D eigenvalue weighted by molar-refractivity contribution is 14.0. The third kappa shape index (κ3) is 7.22. The summed E-state index contributed by atoms with van der Waals surface area (Å²) < 4.78 is 0. The standard InChI is InChI=1S/C24H33N5S.HI/c1-2-25-24(26-17-20-6-5-7-23(16-20)29-11-3-4-12-29)27-22-8-13-28(14-9-22)18-21-10-15-30-19-21;/h3-7,10,15-16,19,22H,2,8-9,11-14,17-18H2,1H3,(H2,25,26,27);1H. The van der Waals surface area contributed by atoms with Gasteiger partial charge in [-0.3, -0.25) is 4.90 Å². The summed E-state index contributed by atoms with van der Waals surface area (Å²) in [7, 11) is 0. The number of likely N-dealkylation sites (tertiary alicyclic amines) is 1. The summed E-state index contributed by atoms with van der Waals surface area (Å²) in [5.41, 5.74) is 3.97. The van der Waals surface area contributed by atoms with Gasteiger partial charge in [0.05, 0.1) is 6.54 Å². The summed E-state index contributed by atoms with van der Waals surface area (Å²) in [4.78, 5) is 9.81. The van der Waals surface area contributed by atoms with Crippen molar-refractivity contribution >= 4 is 47.0 Å². The third-order valence-electron chi connectivity index (χ3n) is 5.77. The van der Waals surface area contributed by atoms with Gasteiger partial charge in [0.1, 0.15) is 0 Å². The number of rotatable bonds is 7. The van der Waals surface area contributed by atoms with Crippen LogP contribution in [-0.2, 0) is 13.1 Å². The normalized spacial score (nSPS) is 17.6. The van der Waals surface area contributed by atoms with Gasteiger partial charge in [-0.15, -0.1) is 24.0 Å². The Labute approximate surface area is 207 Å². The van der Waals surface area contributed by atoms with E-state index in [1.165, 1.54) is 16.8 Å². The fraction of sp³-hybridized carbons (Fsp3) is 0.458. The first kappa shape index (κ1) is 24.1. The lowest BCUT2D eigenvalue weighted by atomic mass is 10.0. The average Bonchev–Trinajstić information content (AvgIpc) is 3.48. The summed E-state index contributed by atoms with van der Waals surface area (Å²) in [6.45, 7) is 9.06. The number of anilines is 1. The lowest BCUT2D eigenvalue weighted by Crippen LogP contribution is -2.48. The molecule has 31 heavy (non-hydrogen) atoms. The van der Waals surface area contributed by atoms with Crippen molar-refractivity contribution < 1.29 is 0 Å². The van der Waals surface area contributed by atoms with Crippen LogP contribution in [0.3, 0.4) is 0 Å². The van der Waals surface area contributed by atoms with Gasteiger partial charge >= 0.3 is 0 Å². The van der Waals surface area contributed by atoms with E-state index in [1.54, 1.807) is 11.3 Å². The molecule has 2 aliphatic heterocycles. The first-order valence-electron chi connectivity index (χ1n) is 11.1. The second kappa shape index (κ2) is 12.5. The van der Waals surface area contributed by atoms with Crippen molar-refractivity contribution in [1.82, 2.24) is 15.5 Å². The summed E-state index contributed by atoms with van der Waals surface area (Å²) in [6, 6.07) is 11.5. The Balaban J connectivity index is 0.00000272. The van der Waals surface area contributed by atoms with E-state index in [0.717, 1.165) is 58.1 Å². The van der Waals surface area contributed by atoms with Gasteiger partial charge in [-0.05, 0) is 59.9 Å². The van der Waals surface area contributed by atoms with E-state index in [1.807, 2.05) is 0 Å². The van der Waals surface area contributed by atoms with Gasteiger partial charge in [0.25, 0.3) is 0 Å². The molecule has 4 rings (SSSR count). The van der Waals surface area contributed by atoms with Crippen LogP contribution in [-0.4, -0.2) is 49.6 Å². The SMILES string of the molecule is CCNC(=NCc1cccc(N2CC=CC2)c1)NC1CCN(Cc2ccsc2)CC1.I. The second-order valence-electron chi connectivity index (χ2n) is 8.07. The van der Waals surface area contributed by atoms with Crippen LogP contribution >= 0.6 is 35.3 Å². The molecule has 2 aromatic rings. The van der Waals surface area contributed by atoms with Crippen LogP contribution in [0.1, 0.15) is 30.9 Å². The molecular formula is C24H34IN5S. The molecule has 0 bridgehead atoms. The van der Waals surface area contributed by atoms with E-state index < -0.39 is 0 Å². The van der Waals surface area contributed by atoms with Crippen LogP contribution in [0.4, 0.5) is 5.69 Å². The molecule has 168 valence electrons. The van der Waals surface area contributed by atoms with Crippen molar-refractivity contribution in [3.63, 3.8) is 0 Å². The van der Waals surface area contributed by atoms with E-state index in [-0.39, 0.29) is 24.0 Å². The first-order valence-corrected chi connectivity index (χ1v) is 12.0. The van der Waals surface area contributed by atoms with Crippen molar-refractivity contribution in [2.75, 3.05) is 37.6 Å². The van der Waals surface area contributed by atoms with Crippen molar-refractivity contribution in [3.8, 4) is 0 Å². The smallest absolute Gasteiger partial charge is 0.191 e. The number of nitrogens with one attached hydrogen (secondary N) is 2. The van der Waals surface area contributed by atoms with E-state index in [0.29, 0.717) is 12.6 Å². The highest BCUT2D eigenvalue weighted by atomic mass is 127. The van der Waals surface area contributed by atoms with Gasteiger partial charge in [-0.2, -0.15) is 11.3 Å². The second-order valence-corrected chi connectivity index (χ2v) is 8.85. The molecule has 2 aliphatic rings. The predicted octanol–water partition coefficient (Wildman–Crippen LogP) is 4.46. The molecule has 7 heteroatoms. The fourth-order valence-electron chi connectivity index (χ4n) is 4.10. The molecule has 0 atom stereocenters. The quantitative estimate of drug-likeness (QED) is 0.231. The van der Waals surface area contributed by atoms with Crippen LogP contribution in [0.15, 0.2) is 58.2 Å². The van der Waals surface area contributed by atoms with Crippen molar-refractivity contribution in [2.45, 2.75) is 38.9 Å². The Bertz CT molecular complexity index is 835. The van der Waals surface area contributed by atoms with Crippen LogP contribution in [0.25, 0.3) is 0 Å². The molecule has 0 saturated carbocycles. The number of thiophene rings is 1. The van der Waals surface area contributed by atoms with Gasteiger partial charge in [0.2, 0.25) is 0 Å². The van der Waals surface area contributed by atoms with Crippen LogP contribution in [0.2, 0.25) is 0 Å². The Kier molecular flexibility index (Phi) is 9.67. The minimum absolute atomic E-state index is 0. The molecule has 0 amide bonds. The summed E-state index contributed by atoms with van der Waals surface area (Å²) in [5.74, 6) is 0.932. The van der Waals surface area contributed by atoms with Gasteiger partial charge in [0.15, 0.2) is 5.96 Å². The molecule has 1 fully saturated rings. The van der Waals surface area contributed by atoms with Gasteiger partial charge in [-0.1, -0.05) is 24.3 Å². The minimum Gasteiger partial charge on any atom is -0.364 e. The molecule has 0 aliphatic carbocycles. The molecule has 0 unspecified atom stereocenters. The van der Waals surface area contributed by atoms with E-state index in [4.69, 9.17) is 4.99 Å². The lowest BCUT2D eigenvalue weighted by Gasteiger charge is -2.33. The average molecular weight is 552 g/mol. The molecule has 3 heterocycles. The summed E-state index contributed by atoms with van der Waals surface area (Å²) >= 11 is 1.79. The zero-order chi connectivity index (χ0) is 20.6. The van der Waals surface area contributed by atoms with Crippen LogP contribution < -0.4 is 15.5 Å². The number of guanidine groups is 1. The largest absolute Gasteiger partial charge is 0.364 e. The highest BCUT2D eigenvalue weighted by Gasteiger charge is 2.20. The van der Waals surface area contributed by atoms with E-state index in [2.05, 4.69) is 80.6 Å². The molecule has 1 aromatic carbocycles. The highest BCUT2D eigenvalue weighted by Crippen LogP contribution is 2.19. The van der Waals surface area contributed by atoms with Crippen LogP contribution in [0.5, 0.6) is 0 Å². The Morgan fingerprint density at radius 1 is 1.13 bits per heavy atom. The van der Waals surface area contributed by atoms with Gasteiger partial charge < -0.3 is 15.5 Å². The molecule has 0 radical (unpaired) electrons. The Morgan fingerprint density at radius 2 is 1.94 bits per heavy atom. The Hall–Kier alpha value is -1.58. The Morgan fingerprint density at radius 3 is 2.65 bits per heavy atom. The zero-order valence-electron chi connectivity index (χ0n) is 18.3. The fourth-order valence-corrected chi connectivity index (χ4v) is 4.76. The van der Waals surface area contributed by atoms with Crippen molar-refractivity contribution in [1.29, 1.82) is 0 Å². The van der Waals surface area contributed by atoms with Crippen LogP contribution in [0, 0.1) is 0 Å². The molecule has 1 saturated heterocycles. The maximum Gasteiger partial charge on any atom is 0.191 e. The molecule has 0 spiro atoms. The molecular weight excluding hydrogens is 517 g/mol. The number of piperidine rings is 1.